The van der Waals surface area contributed by atoms with Gasteiger partial charge in [-0.2, -0.15) is 0 Å². The molecular weight excluding hydrogens is 214 g/mol. The summed E-state index contributed by atoms with van der Waals surface area (Å²) in [5.41, 5.74) is 2.22. The molecule has 1 saturated heterocycles. The molecule has 0 spiro atoms. The van der Waals surface area contributed by atoms with E-state index in [1.807, 2.05) is 6.07 Å². The summed E-state index contributed by atoms with van der Waals surface area (Å²) in [4.78, 5) is 0. The van der Waals surface area contributed by atoms with E-state index in [9.17, 15) is 5.11 Å². The molecule has 1 aliphatic heterocycles. The Labute approximate surface area is 103 Å². The monoisotopic (exact) mass is 235 g/mol. The zero-order valence-electron chi connectivity index (χ0n) is 10.6. The van der Waals surface area contributed by atoms with E-state index in [1.54, 1.807) is 7.11 Å². The fraction of sp³-hybridized carbons (Fsp3) is 0.571. The third-order valence-electron chi connectivity index (χ3n) is 3.47. The summed E-state index contributed by atoms with van der Waals surface area (Å²) in [5, 5.41) is 13.6. The van der Waals surface area contributed by atoms with Crippen LogP contribution >= 0.6 is 0 Å². The largest absolute Gasteiger partial charge is 0.504 e. The number of phenols is 1. The lowest BCUT2D eigenvalue weighted by Gasteiger charge is -2.15. The normalized spacial score (nSPS) is 19.5. The van der Waals surface area contributed by atoms with Gasteiger partial charge < -0.3 is 15.2 Å². The Balaban J connectivity index is 2.24. The molecule has 1 unspecified atom stereocenters. The first-order chi connectivity index (χ1) is 8.24. The Kier molecular flexibility index (Phi) is 3.89. The fourth-order valence-corrected chi connectivity index (χ4v) is 2.44. The van der Waals surface area contributed by atoms with Crippen LogP contribution in [0, 0.1) is 0 Å². The number of aryl methyl sites for hydroxylation is 1. The van der Waals surface area contributed by atoms with Crippen LogP contribution in [0.25, 0.3) is 0 Å². The first kappa shape index (κ1) is 12.2. The molecule has 17 heavy (non-hydrogen) atoms. The molecule has 1 aromatic carbocycles. The minimum Gasteiger partial charge on any atom is -0.504 e. The van der Waals surface area contributed by atoms with Gasteiger partial charge in [-0.3, -0.25) is 0 Å². The first-order valence-corrected chi connectivity index (χ1v) is 6.36. The van der Waals surface area contributed by atoms with Crippen molar-refractivity contribution in [2.24, 2.45) is 0 Å². The van der Waals surface area contributed by atoms with Crippen LogP contribution in [0.1, 0.15) is 30.9 Å². The second kappa shape index (κ2) is 5.41. The standard InChI is InChI=1S/C14H21NO2/c1-3-10-7-11(9-12-5-4-6-15-12)14(16)13(8-10)17-2/h7-8,12,15-16H,3-6,9H2,1-2H3. The molecule has 0 radical (unpaired) electrons. The molecule has 3 nitrogen and oxygen atoms in total. The van der Waals surface area contributed by atoms with Crippen molar-refractivity contribution in [2.45, 2.75) is 38.6 Å². The number of hydrogen-bond acceptors (Lipinski definition) is 3. The molecule has 0 saturated carbocycles. The number of methoxy groups -OCH3 is 1. The first-order valence-electron chi connectivity index (χ1n) is 6.36. The summed E-state index contributed by atoms with van der Waals surface area (Å²) in [7, 11) is 1.60. The number of aromatic hydroxyl groups is 1. The topological polar surface area (TPSA) is 41.5 Å². The van der Waals surface area contributed by atoms with Crippen molar-refractivity contribution in [3.8, 4) is 11.5 Å². The molecule has 2 rings (SSSR count). The van der Waals surface area contributed by atoms with Gasteiger partial charge in [0.25, 0.3) is 0 Å². The van der Waals surface area contributed by atoms with Gasteiger partial charge in [-0.15, -0.1) is 0 Å². The molecule has 3 heteroatoms. The van der Waals surface area contributed by atoms with Crippen LogP contribution in [0.15, 0.2) is 12.1 Å². The number of hydrogen-bond donors (Lipinski definition) is 2. The Morgan fingerprint density at radius 2 is 2.29 bits per heavy atom. The lowest BCUT2D eigenvalue weighted by Crippen LogP contribution is -2.23. The average Bonchev–Trinajstić information content (AvgIpc) is 2.84. The summed E-state index contributed by atoms with van der Waals surface area (Å²) < 4.78 is 5.22. The van der Waals surface area contributed by atoms with Crippen LogP contribution in [0.2, 0.25) is 0 Å². The third kappa shape index (κ3) is 2.72. The molecule has 1 fully saturated rings. The van der Waals surface area contributed by atoms with Crippen molar-refractivity contribution in [1.82, 2.24) is 5.32 Å². The van der Waals surface area contributed by atoms with E-state index in [1.165, 1.54) is 18.4 Å². The summed E-state index contributed by atoms with van der Waals surface area (Å²) in [6, 6.07) is 4.51. The Morgan fingerprint density at radius 1 is 1.47 bits per heavy atom. The minimum atomic E-state index is 0.304. The Morgan fingerprint density at radius 3 is 2.88 bits per heavy atom. The smallest absolute Gasteiger partial charge is 0.161 e. The predicted molar refractivity (Wildman–Crippen MR) is 68.8 cm³/mol. The predicted octanol–water partition coefficient (Wildman–Crippen LogP) is 2.26. The van der Waals surface area contributed by atoms with E-state index < -0.39 is 0 Å². The molecule has 2 N–H and O–H groups in total. The average molecular weight is 235 g/mol. The van der Waals surface area contributed by atoms with Gasteiger partial charge in [-0.1, -0.05) is 13.0 Å². The highest BCUT2D eigenvalue weighted by molar-refractivity contribution is 5.48. The number of phenolic OH excluding ortho intramolecular Hbond substituents is 1. The Bertz CT molecular complexity index is 384. The van der Waals surface area contributed by atoms with Crippen molar-refractivity contribution < 1.29 is 9.84 Å². The Hall–Kier alpha value is -1.22. The highest BCUT2D eigenvalue weighted by Gasteiger charge is 2.18. The fourth-order valence-electron chi connectivity index (χ4n) is 2.44. The molecule has 1 aliphatic rings. The summed E-state index contributed by atoms with van der Waals surface area (Å²) in [6.45, 7) is 3.21. The highest BCUT2D eigenvalue weighted by Crippen LogP contribution is 2.33. The molecule has 0 bridgehead atoms. The number of ether oxygens (including phenoxy) is 1. The molecule has 0 aliphatic carbocycles. The van der Waals surface area contributed by atoms with E-state index in [2.05, 4.69) is 18.3 Å². The van der Waals surface area contributed by atoms with Crippen molar-refractivity contribution in [1.29, 1.82) is 0 Å². The molecule has 94 valence electrons. The van der Waals surface area contributed by atoms with Gasteiger partial charge in [-0.25, -0.2) is 0 Å². The van der Waals surface area contributed by atoms with Gasteiger partial charge in [0.15, 0.2) is 11.5 Å². The second-order valence-corrected chi connectivity index (χ2v) is 4.66. The van der Waals surface area contributed by atoms with E-state index in [0.717, 1.165) is 24.9 Å². The van der Waals surface area contributed by atoms with Crippen LogP contribution in [0.5, 0.6) is 11.5 Å². The lowest BCUT2D eigenvalue weighted by molar-refractivity contribution is 0.369. The van der Waals surface area contributed by atoms with E-state index in [4.69, 9.17) is 4.74 Å². The van der Waals surface area contributed by atoms with Crippen molar-refractivity contribution in [2.75, 3.05) is 13.7 Å². The summed E-state index contributed by atoms with van der Waals surface area (Å²) in [5.74, 6) is 0.899. The minimum absolute atomic E-state index is 0.304. The molecule has 0 amide bonds. The SMILES string of the molecule is CCc1cc(CC2CCCN2)c(O)c(OC)c1. The highest BCUT2D eigenvalue weighted by atomic mass is 16.5. The van der Waals surface area contributed by atoms with Gasteiger partial charge in [0, 0.05) is 6.04 Å². The van der Waals surface area contributed by atoms with Crippen LogP contribution in [0.4, 0.5) is 0 Å². The van der Waals surface area contributed by atoms with E-state index >= 15 is 0 Å². The summed E-state index contributed by atoms with van der Waals surface area (Å²) >= 11 is 0. The zero-order valence-corrected chi connectivity index (χ0v) is 10.6. The molecule has 1 aromatic rings. The van der Waals surface area contributed by atoms with Crippen LogP contribution in [-0.2, 0) is 12.8 Å². The number of benzene rings is 1. The van der Waals surface area contributed by atoms with Gasteiger partial charge in [-0.05, 0) is 49.4 Å². The maximum absolute atomic E-state index is 10.1. The second-order valence-electron chi connectivity index (χ2n) is 4.66. The van der Waals surface area contributed by atoms with Gasteiger partial charge in [0.1, 0.15) is 0 Å². The molecule has 1 heterocycles. The quantitative estimate of drug-likeness (QED) is 0.841. The maximum atomic E-state index is 10.1. The molecular formula is C14H21NO2. The maximum Gasteiger partial charge on any atom is 0.161 e. The van der Waals surface area contributed by atoms with Gasteiger partial charge in [0.05, 0.1) is 7.11 Å². The number of rotatable bonds is 4. The third-order valence-corrected chi connectivity index (χ3v) is 3.47. The van der Waals surface area contributed by atoms with Crippen LogP contribution in [-0.4, -0.2) is 24.8 Å². The van der Waals surface area contributed by atoms with E-state index in [0.29, 0.717) is 17.5 Å². The van der Waals surface area contributed by atoms with Gasteiger partial charge in [0.2, 0.25) is 0 Å². The molecule has 0 aromatic heterocycles. The van der Waals surface area contributed by atoms with Crippen molar-refractivity contribution >= 4 is 0 Å². The number of nitrogens with one attached hydrogen (secondary N) is 1. The van der Waals surface area contributed by atoms with Gasteiger partial charge >= 0.3 is 0 Å². The summed E-state index contributed by atoms with van der Waals surface area (Å²) in [6.07, 6.45) is 4.27. The zero-order chi connectivity index (χ0) is 12.3. The van der Waals surface area contributed by atoms with Crippen LogP contribution < -0.4 is 10.1 Å². The lowest BCUT2D eigenvalue weighted by atomic mass is 10.00. The van der Waals surface area contributed by atoms with Crippen LogP contribution in [0.3, 0.4) is 0 Å². The van der Waals surface area contributed by atoms with E-state index in [-0.39, 0.29) is 0 Å². The van der Waals surface area contributed by atoms with Crippen molar-refractivity contribution in [3.05, 3.63) is 23.3 Å². The van der Waals surface area contributed by atoms with Crippen molar-refractivity contribution in [3.63, 3.8) is 0 Å². The molecule has 1 atom stereocenters.